The number of nitrogens with one attached hydrogen (secondary N) is 2. The standard InChI is InChI=1S/C19H22Cl2N2O3S/c1-3-4-13(2)22-19(24)11-14-5-7-15(8-6-14)23-27(25,26)16-9-10-17(20)18(21)12-16/h5-10,12-13,23H,3-4,11H2,1-2H3,(H,22,24). The zero-order valence-corrected chi connectivity index (χ0v) is 17.5. The van der Waals surface area contributed by atoms with Gasteiger partial charge in [-0.1, -0.05) is 48.7 Å². The zero-order valence-electron chi connectivity index (χ0n) is 15.1. The maximum absolute atomic E-state index is 12.4. The Morgan fingerprint density at radius 2 is 1.74 bits per heavy atom. The molecule has 8 heteroatoms. The lowest BCUT2D eigenvalue weighted by molar-refractivity contribution is -0.121. The Kier molecular flexibility index (Phi) is 7.53. The average molecular weight is 429 g/mol. The lowest BCUT2D eigenvalue weighted by atomic mass is 10.1. The Morgan fingerprint density at radius 1 is 1.07 bits per heavy atom. The smallest absolute Gasteiger partial charge is 0.261 e. The molecule has 5 nitrogen and oxygen atoms in total. The third-order valence-electron chi connectivity index (χ3n) is 3.90. The Bertz CT molecular complexity index is 900. The summed E-state index contributed by atoms with van der Waals surface area (Å²) in [7, 11) is -3.78. The molecule has 0 saturated carbocycles. The van der Waals surface area contributed by atoms with Crippen LogP contribution in [0.15, 0.2) is 47.4 Å². The average Bonchev–Trinajstić information content (AvgIpc) is 2.58. The summed E-state index contributed by atoms with van der Waals surface area (Å²) in [6.07, 6.45) is 2.18. The van der Waals surface area contributed by atoms with E-state index in [1.807, 2.05) is 6.92 Å². The fraction of sp³-hybridized carbons (Fsp3) is 0.316. The van der Waals surface area contributed by atoms with Crippen LogP contribution in [0.2, 0.25) is 10.0 Å². The van der Waals surface area contributed by atoms with Gasteiger partial charge in [-0.05, 0) is 49.2 Å². The lowest BCUT2D eigenvalue weighted by Gasteiger charge is -2.13. The minimum absolute atomic E-state index is 0.0188. The van der Waals surface area contributed by atoms with Gasteiger partial charge in [0.15, 0.2) is 0 Å². The van der Waals surface area contributed by atoms with Gasteiger partial charge in [-0.2, -0.15) is 0 Å². The molecule has 0 aliphatic heterocycles. The summed E-state index contributed by atoms with van der Waals surface area (Å²) >= 11 is 11.7. The summed E-state index contributed by atoms with van der Waals surface area (Å²) in [6, 6.07) is 10.9. The van der Waals surface area contributed by atoms with Crippen molar-refractivity contribution >= 4 is 44.8 Å². The monoisotopic (exact) mass is 428 g/mol. The maximum Gasteiger partial charge on any atom is 0.261 e. The van der Waals surface area contributed by atoms with Crippen molar-refractivity contribution in [3.8, 4) is 0 Å². The fourth-order valence-electron chi connectivity index (χ4n) is 2.57. The molecule has 0 radical (unpaired) electrons. The molecule has 2 N–H and O–H groups in total. The number of rotatable bonds is 8. The summed E-state index contributed by atoms with van der Waals surface area (Å²) in [5, 5.41) is 3.39. The van der Waals surface area contributed by atoms with Crippen molar-refractivity contribution in [3.63, 3.8) is 0 Å². The molecule has 1 amide bonds. The van der Waals surface area contributed by atoms with Gasteiger partial charge in [0.1, 0.15) is 0 Å². The van der Waals surface area contributed by atoms with Gasteiger partial charge in [-0.25, -0.2) is 8.42 Å². The number of amides is 1. The Morgan fingerprint density at radius 3 is 2.33 bits per heavy atom. The molecule has 0 aliphatic carbocycles. The highest BCUT2D eigenvalue weighted by atomic mass is 35.5. The van der Waals surface area contributed by atoms with E-state index in [0.717, 1.165) is 18.4 Å². The van der Waals surface area contributed by atoms with E-state index >= 15 is 0 Å². The van der Waals surface area contributed by atoms with Crippen molar-refractivity contribution in [2.45, 2.75) is 44.0 Å². The summed E-state index contributed by atoms with van der Waals surface area (Å²) in [6.45, 7) is 4.04. The third kappa shape index (κ3) is 6.41. The lowest BCUT2D eigenvalue weighted by Crippen LogP contribution is -2.33. The number of hydrogen-bond acceptors (Lipinski definition) is 3. The molecule has 2 aromatic carbocycles. The van der Waals surface area contributed by atoms with Crippen LogP contribution in [0.3, 0.4) is 0 Å². The first-order chi connectivity index (χ1) is 12.7. The van der Waals surface area contributed by atoms with E-state index in [2.05, 4.69) is 17.0 Å². The van der Waals surface area contributed by atoms with Gasteiger partial charge in [-0.3, -0.25) is 9.52 Å². The fourth-order valence-corrected chi connectivity index (χ4v) is 4.01. The first-order valence-electron chi connectivity index (χ1n) is 8.57. The second-order valence-corrected chi connectivity index (χ2v) is 8.81. The van der Waals surface area contributed by atoms with Crippen LogP contribution < -0.4 is 10.0 Å². The highest BCUT2D eigenvalue weighted by molar-refractivity contribution is 7.92. The minimum atomic E-state index is -3.78. The van der Waals surface area contributed by atoms with Crippen molar-refractivity contribution < 1.29 is 13.2 Å². The molecule has 2 aromatic rings. The van der Waals surface area contributed by atoms with E-state index < -0.39 is 10.0 Å². The number of anilines is 1. The van der Waals surface area contributed by atoms with Crippen molar-refractivity contribution in [1.82, 2.24) is 5.32 Å². The molecule has 0 spiro atoms. The van der Waals surface area contributed by atoms with Gasteiger partial charge in [0, 0.05) is 11.7 Å². The quantitative estimate of drug-likeness (QED) is 0.642. The van der Waals surface area contributed by atoms with E-state index in [0.29, 0.717) is 5.69 Å². The summed E-state index contributed by atoms with van der Waals surface area (Å²) in [5.74, 6) is -0.0555. The second-order valence-electron chi connectivity index (χ2n) is 6.31. The highest BCUT2D eigenvalue weighted by Crippen LogP contribution is 2.26. The Hall–Kier alpha value is -1.76. The first-order valence-corrected chi connectivity index (χ1v) is 10.8. The maximum atomic E-state index is 12.4. The van der Waals surface area contributed by atoms with Crippen molar-refractivity contribution in [1.29, 1.82) is 0 Å². The van der Waals surface area contributed by atoms with Crippen LogP contribution >= 0.6 is 23.2 Å². The predicted molar refractivity (Wildman–Crippen MR) is 110 cm³/mol. The topological polar surface area (TPSA) is 75.3 Å². The largest absolute Gasteiger partial charge is 0.353 e. The predicted octanol–water partition coefficient (Wildman–Crippen LogP) is 4.64. The van der Waals surface area contributed by atoms with Gasteiger partial charge >= 0.3 is 0 Å². The number of halogens is 2. The van der Waals surface area contributed by atoms with Crippen LogP contribution in [0.5, 0.6) is 0 Å². The molecule has 0 bridgehead atoms. The van der Waals surface area contributed by atoms with E-state index in [1.54, 1.807) is 24.3 Å². The molecular formula is C19H22Cl2N2O3S. The Balaban J connectivity index is 2.02. The first kappa shape index (κ1) is 21.5. The van der Waals surface area contributed by atoms with Crippen LogP contribution in [0.25, 0.3) is 0 Å². The number of carbonyl (C=O) groups excluding carboxylic acids is 1. The molecule has 0 fully saturated rings. The van der Waals surface area contributed by atoms with E-state index in [4.69, 9.17) is 23.2 Å². The van der Waals surface area contributed by atoms with Gasteiger partial charge in [0.2, 0.25) is 5.91 Å². The van der Waals surface area contributed by atoms with Gasteiger partial charge in [0.05, 0.1) is 21.4 Å². The number of sulfonamides is 1. The third-order valence-corrected chi connectivity index (χ3v) is 6.02. The van der Waals surface area contributed by atoms with Crippen LogP contribution in [-0.4, -0.2) is 20.4 Å². The van der Waals surface area contributed by atoms with Crippen LogP contribution in [0.4, 0.5) is 5.69 Å². The molecule has 146 valence electrons. The molecule has 0 saturated heterocycles. The molecule has 0 aliphatic rings. The van der Waals surface area contributed by atoms with Crippen LogP contribution in [0.1, 0.15) is 32.3 Å². The van der Waals surface area contributed by atoms with E-state index in [1.165, 1.54) is 18.2 Å². The van der Waals surface area contributed by atoms with E-state index in [-0.39, 0.29) is 33.3 Å². The molecule has 0 heterocycles. The van der Waals surface area contributed by atoms with Gasteiger partial charge in [0.25, 0.3) is 10.0 Å². The minimum Gasteiger partial charge on any atom is -0.353 e. The number of hydrogen-bond donors (Lipinski definition) is 2. The number of benzene rings is 2. The van der Waals surface area contributed by atoms with Gasteiger partial charge < -0.3 is 5.32 Å². The second kappa shape index (κ2) is 9.44. The molecule has 2 rings (SSSR count). The Labute approximate surface area is 170 Å². The van der Waals surface area contributed by atoms with Crippen molar-refractivity contribution in [2.24, 2.45) is 0 Å². The molecule has 27 heavy (non-hydrogen) atoms. The van der Waals surface area contributed by atoms with Crippen LogP contribution in [0, 0.1) is 0 Å². The van der Waals surface area contributed by atoms with Crippen LogP contribution in [-0.2, 0) is 21.2 Å². The molecular weight excluding hydrogens is 407 g/mol. The zero-order chi connectivity index (χ0) is 20.0. The van der Waals surface area contributed by atoms with Crippen molar-refractivity contribution in [2.75, 3.05) is 4.72 Å². The van der Waals surface area contributed by atoms with Crippen molar-refractivity contribution in [3.05, 3.63) is 58.1 Å². The highest BCUT2D eigenvalue weighted by Gasteiger charge is 2.16. The molecule has 1 unspecified atom stereocenters. The SMILES string of the molecule is CCCC(C)NC(=O)Cc1ccc(NS(=O)(=O)c2ccc(Cl)c(Cl)c2)cc1. The summed E-state index contributed by atoms with van der Waals surface area (Å²) < 4.78 is 27.3. The molecule has 1 atom stereocenters. The summed E-state index contributed by atoms with van der Waals surface area (Å²) in [4.78, 5) is 12.0. The number of carbonyl (C=O) groups is 1. The normalized spacial score (nSPS) is 12.4. The molecule has 0 aromatic heterocycles. The van der Waals surface area contributed by atoms with Gasteiger partial charge in [-0.15, -0.1) is 0 Å². The van der Waals surface area contributed by atoms with E-state index in [9.17, 15) is 13.2 Å². The summed E-state index contributed by atoms with van der Waals surface area (Å²) in [5.41, 5.74) is 1.19.